The molecule has 2 heterocycles. The van der Waals surface area contributed by atoms with Gasteiger partial charge in [0.15, 0.2) is 4.67 Å². The van der Waals surface area contributed by atoms with Gasteiger partial charge in [0.05, 0.1) is 11.8 Å². The molecule has 0 unspecified atom stereocenters. The molecule has 2 aromatic rings. The molecule has 0 aliphatic carbocycles. The van der Waals surface area contributed by atoms with E-state index in [-0.39, 0.29) is 18.4 Å². The Labute approximate surface area is 123 Å². The summed E-state index contributed by atoms with van der Waals surface area (Å²) in [6, 6.07) is 9.04. The van der Waals surface area contributed by atoms with Gasteiger partial charge in [-0.2, -0.15) is 0 Å². The number of benzene rings is 1. The first-order valence-corrected chi connectivity index (χ1v) is 6.84. The van der Waals surface area contributed by atoms with Gasteiger partial charge in [0, 0.05) is 12.2 Å². The van der Waals surface area contributed by atoms with E-state index < -0.39 is 0 Å². The molecule has 6 heteroatoms. The molecule has 20 heavy (non-hydrogen) atoms. The first-order chi connectivity index (χ1) is 9.65. The van der Waals surface area contributed by atoms with Crippen LogP contribution in [-0.4, -0.2) is 23.3 Å². The van der Waals surface area contributed by atoms with Crippen molar-refractivity contribution in [1.82, 2.24) is 4.90 Å². The monoisotopic (exact) mass is 334 g/mol. The van der Waals surface area contributed by atoms with Gasteiger partial charge in [-0.05, 0) is 33.6 Å². The fourth-order valence-corrected chi connectivity index (χ4v) is 2.57. The first kappa shape index (κ1) is 12.9. The standard InChI is InChI=1S/C14H11BrN2O3/c15-13-10(5-6-20-13)14(19)17-7-9-3-1-2-4-11(9)16-12(18)8-17/h1-6H,7-8H2,(H,16,18). The van der Waals surface area contributed by atoms with Crippen LogP contribution in [0.5, 0.6) is 0 Å². The number of fused-ring (bicyclic) bond motifs is 1. The number of amides is 2. The predicted octanol–water partition coefficient (Wildman–Crippen LogP) is 2.64. The summed E-state index contributed by atoms with van der Waals surface area (Å²) >= 11 is 3.19. The second-order valence-electron chi connectivity index (χ2n) is 4.47. The molecule has 2 amide bonds. The fourth-order valence-electron chi connectivity index (χ4n) is 2.16. The zero-order valence-electron chi connectivity index (χ0n) is 10.4. The molecule has 1 aliphatic heterocycles. The molecule has 0 atom stereocenters. The first-order valence-electron chi connectivity index (χ1n) is 6.05. The summed E-state index contributed by atoms with van der Waals surface area (Å²) < 4.78 is 5.45. The highest BCUT2D eigenvalue weighted by Gasteiger charge is 2.25. The normalized spacial score (nSPS) is 14.4. The van der Waals surface area contributed by atoms with Crippen LogP contribution in [0, 0.1) is 0 Å². The van der Waals surface area contributed by atoms with Crippen molar-refractivity contribution in [3.05, 3.63) is 52.4 Å². The predicted molar refractivity (Wildman–Crippen MR) is 76.2 cm³/mol. The largest absolute Gasteiger partial charge is 0.457 e. The molecule has 102 valence electrons. The fraction of sp³-hybridized carbons (Fsp3) is 0.143. The Morgan fingerprint density at radius 3 is 2.80 bits per heavy atom. The van der Waals surface area contributed by atoms with Crippen LogP contribution in [0.1, 0.15) is 15.9 Å². The van der Waals surface area contributed by atoms with E-state index in [1.54, 1.807) is 6.07 Å². The Bertz CT molecular complexity index is 681. The number of furan rings is 1. The number of hydrogen-bond acceptors (Lipinski definition) is 3. The minimum absolute atomic E-state index is 0.0190. The number of rotatable bonds is 1. The van der Waals surface area contributed by atoms with Crippen molar-refractivity contribution in [3.8, 4) is 0 Å². The summed E-state index contributed by atoms with van der Waals surface area (Å²) in [5.74, 6) is -0.444. The summed E-state index contributed by atoms with van der Waals surface area (Å²) in [5.41, 5.74) is 2.07. The van der Waals surface area contributed by atoms with Gasteiger partial charge in [-0.1, -0.05) is 18.2 Å². The quantitative estimate of drug-likeness (QED) is 0.871. The van der Waals surface area contributed by atoms with Gasteiger partial charge in [-0.25, -0.2) is 0 Å². The van der Waals surface area contributed by atoms with E-state index in [4.69, 9.17) is 4.42 Å². The maximum atomic E-state index is 12.4. The molecule has 1 aromatic heterocycles. The number of nitrogens with one attached hydrogen (secondary N) is 1. The Morgan fingerprint density at radius 2 is 2.05 bits per heavy atom. The van der Waals surface area contributed by atoms with Crippen molar-refractivity contribution in [2.45, 2.75) is 6.54 Å². The highest BCUT2D eigenvalue weighted by molar-refractivity contribution is 9.10. The van der Waals surface area contributed by atoms with Gasteiger partial charge in [-0.15, -0.1) is 0 Å². The molecule has 0 saturated carbocycles. The number of carbonyl (C=O) groups excluding carboxylic acids is 2. The number of hydrogen-bond donors (Lipinski definition) is 1. The Morgan fingerprint density at radius 1 is 1.25 bits per heavy atom. The number of anilines is 1. The van der Waals surface area contributed by atoms with Crippen LogP contribution < -0.4 is 5.32 Å². The van der Waals surface area contributed by atoms with Crippen molar-refractivity contribution in [1.29, 1.82) is 0 Å². The van der Waals surface area contributed by atoms with Crippen molar-refractivity contribution in [2.24, 2.45) is 0 Å². The van der Waals surface area contributed by atoms with Crippen LogP contribution >= 0.6 is 15.9 Å². The third kappa shape index (κ3) is 2.34. The SMILES string of the molecule is O=C1CN(C(=O)c2ccoc2Br)Cc2ccccc2N1. The Balaban J connectivity index is 1.93. The Hall–Kier alpha value is -2.08. The van der Waals surface area contributed by atoms with Crippen molar-refractivity contribution >= 4 is 33.4 Å². The molecule has 3 rings (SSSR count). The van der Waals surface area contributed by atoms with Crippen LogP contribution in [0.15, 0.2) is 45.7 Å². The lowest BCUT2D eigenvalue weighted by Gasteiger charge is -2.18. The molecule has 1 aromatic carbocycles. The summed E-state index contributed by atoms with van der Waals surface area (Å²) in [6.07, 6.45) is 1.43. The molecule has 0 radical (unpaired) electrons. The van der Waals surface area contributed by atoms with Crippen LogP contribution in [0.2, 0.25) is 0 Å². The van der Waals surface area contributed by atoms with E-state index in [9.17, 15) is 9.59 Å². The molecular weight excluding hydrogens is 324 g/mol. The zero-order chi connectivity index (χ0) is 14.1. The third-order valence-corrected chi connectivity index (χ3v) is 3.74. The van der Waals surface area contributed by atoms with Gasteiger partial charge < -0.3 is 14.6 Å². The molecule has 0 spiro atoms. The minimum Gasteiger partial charge on any atom is -0.457 e. The summed E-state index contributed by atoms with van der Waals surface area (Å²) in [7, 11) is 0. The van der Waals surface area contributed by atoms with E-state index in [0.29, 0.717) is 16.8 Å². The van der Waals surface area contributed by atoms with E-state index in [1.807, 2.05) is 24.3 Å². The molecule has 0 bridgehead atoms. The highest BCUT2D eigenvalue weighted by atomic mass is 79.9. The maximum absolute atomic E-state index is 12.4. The van der Waals surface area contributed by atoms with Gasteiger partial charge >= 0.3 is 0 Å². The second kappa shape index (κ2) is 5.13. The van der Waals surface area contributed by atoms with Gasteiger partial charge in [0.1, 0.15) is 6.54 Å². The number of carbonyl (C=O) groups is 2. The Kier molecular flexibility index (Phi) is 3.31. The lowest BCUT2D eigenvalue weighted by molar-refractivity contribution is -0.116. The lowest BCUT2D eigenvalue weighted by atomic mass is 10.1. The average Bonchev–Trinajstić information content (AvgIpc) is 2.77. The van der Waals surface area contributed by atoms with Crippen molar-refractivity contribution in [3.63, 3.8) is 0 Å². The van der Waals surface area contributed by atoms with Crippen LogP contribution in [0.25, 0.3) is 0 Å². The van der Waals surface area contributed by atoms with Crippen LogP contribution in [0.3, 0.4) is 0 Å². The summed E-state index contributed by atoms with van der Waals surface area (Å²) in [4.78, 5) is 25.8. The molecule has 1 N–H and O–H groups in total. The van der Waals surface area contributed by atoms with Crippen molar-refractivity contribution < 1.29 is 14.0 Å². The highest BCUT2D eigenvalue weighted by Crippen LogP contribution is 2.24. The minimum atomic E-state index is -0.238. The molecule has 1 aliphatic rings. The van der Waals surface area contributed by atoms with E-state index in [1.165, 1.54) is 11.2 Å². The van der Waals surface area contributed by atoms with Gasteiger partial charge in [-0.3, -0.25) is 9.59 Å². The zero-order valence-corrected chi connectivity index (χ0v) is 12.0. The summed E-state index contributed by atoms with van der Waals surface area (Å²) in [6.45, 7) is 0.399. The summed E-state index contributed by atoms with van der Waals surface area (Å²) in [5, 5.41) is 2.80. The lowest BCUT2D eigenvalue weighted by Crippen LogP contribution is -2.35. The molecular formula is C14H11BrN2O3. The maximum Gasteiger partial charge on any atom is 0.259 e. The van der Waals surface area contributed by atoms with Crippen molar-refractivity contribution in [2.75, 3.05) is 11.9 Å². The third-order valence-electron chi connectivity index (χ3n) is 3.12. The molecule has 0 saturated heterocycles. The molecule has 5 nitrogen and oxygen atoms in total. The van der Waals surface area contributed by atoms with E-state index >= 15 is 0 Å². The number of nitrogens with zero attached hydrogens (tertiary/aromatic N) is 1. The van der Waals surface area contributed by atoms with Crippen LogP contribution in [0.4, 0.5) is 5.69 Å². The van der Waals surface area contributed by atoms with E-state index in [2.05, 4.69) is 21.2 Å². The smallest absolute Gasteiger partial charge is 0.259 e. The van der Waals surface area contributed by atoms with Gasteiger partial charge in [0.25, 0.3) is 5.91 Å². The second-order valence-corrected chi connectivity index (χ2v) is 5.19. The number of halogens is 1. The average molecular weight is 335 g/mol. The van der Waals surface area contributed by atoms with Gasteiger partial charge in [0.2, 0.25) is 5.91 Å². The number of para-hydroxylation sites is 1. The van der Waals surface area contributed by atoms with Crippen LogP contribution in [-0.2, 0) is 11.3 Å². The topological polar surface area (TPSA) is 62.6 Å². The molecule has 0 fully saturated rings. The van der Waals surface area contributed by atoms with E-state index in [0.717, 1.165) is 11.3 Å².